The highest BCUT2D eigenvalue weighted by atomic mass is 32.2. The van der Waals surface area contributed by atoms with Crippen LogP contribution in [0.5, 0.6) is 11.5 Å². The number of hydrogen-bond donors (Lipinski definition) is 1. The fraction of sp³-hybridized carbons (Fsp3) is 0.353. The van der Waals surface area contributed by atoms with Gasteiger partial charge in [0.1, 0.15) is 19.0 Å². The third-order valence-electron chi connectivity index (χ3n) is 4.25. The molecular weight excluding hydrogens is 342 g/mol. The molecule has 1 aromatic carbocycles. The Labute approximate surface area is 146 Å². The van der Waals surface area contributed by atoms with E-state index in [0.29, 0.717) is 30.4 Å². The average Bonchev–Trinajstić information content (AvgIpc) is 3.16. The van der Waals surface area contributed by atoms with Gasteiger partial charge in [-0.1, -0.05) is 0 Å². The van der Waals surface area contributed by atoms with Crippen LogP contribution in [-0.4, -0.2) is 39.7 Å². The van der Waals surface area contributed by atoms with Crippen LogP contribution in [0.4, 0.5) is 11.5 Å². The van der Waals surface area contributed by atoms with Crippen molar-refractivity contribution < 1.29 is 17.9 Å². The molecule has 0 saturated carbocycles. The molecule has 7 nitrogen and oxygen atoms in total. The minimum Gasteiger partial charge on any atom is -0.486 e. The van der Waals surface area contributed by atoms with Gasteiger partial charge < -0.3 is 14.4 Å². The summed E-state index contributed by atoms with van der Waals surface area (Å²) in [5, 5.41) is 0. The molecule has 0 unspecified atom stereocenters. The first-order valence-electron chi connectivity index (χ1n) is 8.25. The number of sulfonamides is 1. The molecule has 8 heteroatoms. The van der Waals surface area contributed by atoms with Crippen LogP contribution in [0.25, 0.3) is 0 Å². The summed E-state index contributed by atoms with van der Waals surface area (Å²) in [5.41, 5.74) is 0.429. The van der Waals surface area contributed by atoms with Gasteiger partial charge in [-0.25, -0.2) is 13.4 Å². The van der Waals surface area contributed by atoms with Crippen LogP contribution in [0.15, 0.2) is 41.4 Å². The number of nitrogens with one attached hydrogen (secondary N) is 1. The lowest BCUT2D eigenvalue weighted by Gasteiger charge is -2.19. The predicted octanol–water partition coefficient (Wildman–Crippen LogP) is 2.25. The molecule has 0 bridgehead atoms. The highest BCUT2D eigenvalue weighted by Gasteiger charge is 2.20. The minimum atomic E-state index is -3.72. The number of hydrogen-bond acceptors (Lipinski definition) is 6. The fourth-order valence-corrected chi connectivity index (χ4v) is 4.04. The van der Waals surface area contributed by atoms with Gasteiger partial charge in [-0.15, -0.1) is 0 Å². The molecule has 2 aliphatic rings. The van der Waals surface area contributed by atoms with Crippen molar-refractivity contribution in [3.05, 3.63) is 36.5 Å². The van der Waals surface area contributed by atoms with Gasteiger partial charge in [0, 0.05) is 19.2 Å². The number of ether oxygens (including phenoxy) is 2. The Hall–Kier alpha value is -2.48. The molecule has 0 atom stereocenters. The summed E-state index contributed by atoms with van der Waals surface area (Å²) in [6.45, 7) is 2.86. The summed E-state index contributed by atoms with van der Waals surface area (Å²) in [5.74, 6) is 1.87. The van der Waals surface area contributed by atoms with Gasteiger partial charge in [-0.05, 0) is 37.1 Å². The van der Waals surface area contributed by atoms with Crippen molar-refractivity contribution in [1.29, 1.82) is 0 Å². The Morgan fingerprint density at radius 2 is 1.76 bits per heavy atom. The first-order valence-corrected chi connectivity index (χ1v) is 9.74. The van der Waals surface area contributed by atoms with E-state index >= 15 is 0 Å². The van der Waals surface area contributed by atoms with Crippen molar-refractivity contribution in [3.8, 4) is 11.5 Å². The smallest absolute Gasteiger partial charge is 0.262 e. The van der Waals surface area contributed by atoms with Crippen molar-refractivity contribution in [2.75, 3.05) is 35.9 Å². The lowest BCUT2D eigenvalue weighted by Crippen LogP contribution is -2.19. The molecule has 25 heavy (non-hydrogen) atoms. The lowest BCUT2D eigenvalue weighted by atomic mass is 10.3. The molecular formula is C17H19N3O4S. The standard InChI is InChI=1S/C17H19N3O4S/c21-25(22,14-4-5-15-16(11-14)24-10-9-23-15)19-13-3-6-17(18-12-13)20-7-1-2-8-20/h3-6,11-12,19H,1-2,7-10H2. The number of anilines is 2. The van der Waals surface area contributed by atoms with Crippen molar-refractivity contribution in [3.63, 3.8) is 0 Å². The molecule has 4 rings (SSSR count). The molecule has 132 valence electrons. The van der Waals surface area contributed by atoms with Gasteiger partial charge in [-0.2, -0.15) is 0 Å². The third-order valence-corrected chi connectivity index (χ3v) is 5.63. The van der Waals surface area contributed by atoms with Crippen LogP contribution in [0.1, 0.15) is 12.8 Å². The topological polar surface area (TPSA) is 80.8 Å². The number of nitrogens with zero attached hydrogens (tertiary/aromatic N) is 2. The first-order chi connectivity index (χ1) is 12.1. The second-order valence-electron chi connectivity index (χ2n) is 6.01. The molecule has 1 aromatic heterocycles. The number of aromatic nitrogens is 1. The van der Waals surface area contributed by atoms with E-state index in [9.17, 15) is 8.42 Å². The van der Waals surface area contributed by atoms with Gasteiger partial charge >= 0.3 is 0 Å². The average molecular weight is 361 g/mol. The zero-order valence-corrected chi connectivity index (χ0v) is 14.5. The van der Waals surface area contributed by atoms with Crippen LogP contribution in [0.3, 0.4) is 0 Å². The Bertz CT molecular complexity index is 862. The molecule has 0 aliphatic carbocycles. The summed E-state index contributed by atoms with van der Waals surface area (Å²) < 4.78 is 38.6. The maximum Gasteiger partial charge on any atom is 0.262 e. The van der Waals surface area contributed by atoms with Crippen LogP contribution in [-0.2, 0) is 10.0 Å². The maximum absolute atomic E-state index is 12.6. The molecule has 1 N–H and O–H groups in total. The van der Waals surface area contributed by atoms with Crippen molar-refractivity contribution >= 4 is 21.5 Å². The zero-order valence-electron chi connectivity index (χ0n) is 13.6. The predicted molar refractivity (Wildman–Crippen MR) is 93.9 cm³/mol. The highest BCUT2D eigenvalue weighted by Crippen LogP contribution is 2.32. The number of pyridine rings is 1. The van der Waals surface area contributed by atoms with E-state index in [-0.39, 0.29) is 4.90 Å². The second-order valence-corrected chi connectivity index (χ2v) is 7.69. The maximum atomic E-state index is 12.6. The third kappa shape index (κ3) is 3.34. The SMILES string of the molecule is O=S(=O)(Nc1ccc(N2CCCC2)nc1)c1ccc2c(c1)OCCO2. The molecule has 0 amide bonds. The van der Waals surface area contributed by atoms with Crippen LogP contribution >= 0.6 is 0 Å². The summed E-state index contributed by atoms with van der Waals surface area (Å²) >= 11 is 0. The molecule has 0 radical (unpaired) electrons. The Morgan fingerprint density at radius 1 is 1.00 bits per heavy atom. The van der Waals surface area contributed by atoms with Gasteiger partial charge in [0.25, 0.3) is 10.0 Å². The Kier molecular flexibility index (Phi) is 4.12. The van der Waals surface area contributed by atoms with Gasteiger partial charge in [0.2, 0.25) is 0 Å². The van der Waals surface area contributed by atoms with Gasteiger partial charge in [0.05, 0.1) is 16.8 Å². The van der Waals surface area contributed by atoms with E-state index in [4.69, 9.17) is 9.47 Å². The lowest BCUT2D eigenvalue weighted by molar-refractivity contribution is 0.171. The molecule has 2 aliphatic heterocycles. The van der Waals surface area contributed by atoms with E-state index in [1.165, 1.54) is 25.0 Å². The summed E-state index contributed by atoms with van der Waals surface area (Å²) in [6.07, 6.45) is 3.88. The van der Waals surface area contributed by atoms with Gasteiger partial charge in [0.15, 0.2) is 11.5 Å². The summed E-state index contributed by atoms with van der Waals surface area (Å²) in [7, 11) is -3.72. The second kappa shape index (κ2) is 6.44. The molecule has 3 heterocycles. The number of benzene rings is 1. The van der Waals surface area contributed by atoms with E-state index in [0.717, 1.165) is 18.9 Å². The van der Waals surface area contributed by atoms with E-state index in [1.54, 1.807) is 18.3 Å². The summed E-state index contributed by atoms with van der Waals surface area (Å²) in [4.78, 5) is 6.68. The quantitative estimate of drug-likeness (QED) is 0.900. The van der Waals surface area contributed by atoms with Crippen molar-refractivity contribution in [2.24, 2.45) is 0 Å². The Balaban J connectivity index is 1.52. The first kappa shape index (κ1) is 16.0. The van der Waals surface area contributed by atoms with Gasteiger partial charge in [-0.3, -0.25) is 4.72 Å². The highest BCUT2D eigenvalue weighted by molar-refractivity contribution is 7.92. The number of rotatable bonds is 4. The fourth-order valence-electron chi connectivity index (χ4n) is 2.98. The minimum absolute atomic E-state index is 0.125. The van der Waals surface area contributed by atoms with Crippen LogP contribution < -0.4 is 19.1 Å². The largest absolute Gasteiger partial charge is 0.486 e. The number of fused-ring (bicyclic) bond motifs is 1. The van der Waals surface area contributed by atoms with Crippen LogP contribution in [0.2, 0.25) is 0 Å². The molecule has 1 saturated heterocycles. The molecule has 0 spiro atoms. The Morgan fingerprint density at radius 3 is 2.48 bits per heavy atom. The van der Waals surface area contributed by atoms with E-state index in [1.807, 2.05) is 6.07 Å². The van der Waals surface area contributed by atoms with E-state index < -0.39 is 10.0 Å². The summed E-state index contributed by atoms with van der Waals surface area (Å²) in [6, 6.07) is 8.16. The normalized spacial score (nSPS) is 16.7. The van der Waals surface area contributed by atoms with Crippen LogP contribution in [0, 0.1) is 0 Å². The van der Waals surface area contributed by atoms with Crippen molar-refractivity contribution in [2.45, 2.75) is 17.7 Å². The zero-order chi connectivity index (χ0) is 17.3. The van der Waals surface area contributed by atoms with E-state index in [2.05, 4.69) is 14.6 Å². The van der Waals surface area contributed by atoms with Crippen molar-refractivity contribution in [1.82, 2.24) is 4.98 Å². The molecule has 2 aromatic rings. The molecule has 1 fully saturated rings. The monoisotopic (exact) mass is 361 g/mol.